The molecule has 0 atom stereocenters. The fourth-order valence-corrected chi connectivity index (χ4v) is 1.77. The number of carbonyl (C=O) groups excluding carboxylic acids is 1. The quantitative estimate of drug-likeness (QED) is 0.664. The number of carbonyl (C=O) groups is 1. The van der Waals surface area contributed by atoms with Crippen molar-refractivity contribution in [2.24, 2.45) is 0 Å². The molecule has 0 aliphatic heterocycles. The maximum Gasteiger partial charge on any atom is 0.257 e. The summed E-state index contributed by atoms with van der Waals surface area (Å²) >= 11 is 0. The van der Waals surface area contributed by atoms with Crippen LogP contribution < -0.4 is 16.0 Å². The smallest absolute Gasteiger partial charge is 0.257 e. The highest BCUT2D eigenvalue weighted by atomic mass is 19.1. The number of halogens is 1. The van der Waals surface area contributed by atoms with Crippen molar-refractivity contribution in [2.45, 2.75) is 0 Å². The molecule has 0 unspecified atom stereocenters. The van der Waals surface area contributed by atoms with E-state index in [9.17, 15) is 9.18 Å². The van der Waals surface area contributed by atoms with E-state index < -0.39 is 5.95 Å². The van der Waals surface area contributed by atoms with Crippen LogP contribution in [0.2, 0.25) is 0 Å². The van der Waals surface area contributed by atoms with Crippen LogP contribution in [-0.2, 0) is 0 Å². The average Bonchev–Trinajstić information content (AvgIpc) is 2.41. The highest BCUT2D eigenvalue weighted by Gasteiger charge is 2.13. The number of rotatable bonds is 3. The minimum atomic E-state index is -0.596. The van der Waals surface area contributed by atoms with E-state index in [4.69, 9.17) is 5.73 Å². The molecule has 0 aliphatic carbocycles. The maximum absolute atomic E-state index is 12.7. The Kier molecular flexibility index (Phi) is 3.84. The van der Waals surface area contributed by atoms with Crippen molar-refractivity contribution in [1.82, 2.24) is 4.98 Å². The topological polar surface area (TPSA) is 71.2 Å². The molecular formula is C14H15FN4O. The summed E-state index contributed by atoms with van der Waals surface area (Å²) in [5.41, 5.74) is 7.82. The lowest BCUT2D eigenvalue weighted by atomic mass is 10.1. The molecule has 1 aromatic heterocycles. The zero-order chi connectivity index (χ0) is 14.7. The van der Waals surface area contributed by atoms with Crippen molar-refractivity contribution in [3.8, 4) is 0 Å². The molecule has 0 aliphatic rings. The van der Waals surface area contributed by atoms with Gasteiger partial charge in [0.2, 0.25) is 5.95 Å². The molecule has 0 fully saturated rings. The number of nitrogens with two attached hydrogens (primary N) is 1. The Morgan fingerprint density at radius 3 is 2.65 bits per heavy atom. The summed E-state index contributed by atoms with van der Waals surface area (Å²) < 4.78 is 12.7. The van der Waals surface area contributed by atoms with Gasteiger partial charge in [0.15, 0.2) is 0 Å². The van der Waals surface area contributed by atoms with Crippen molar-refractivity contribution >= 4 is 23.0 Å². The summed E-state index contributed by atoms with van der Waals surface area (Å²) in [6, 6.07) is 7.73. The fourth-order valence-electron chi connectivity index (χ4n) is 1.77. The number of nitrogens with one attached hydrogen (secondary N) is 1. The number of nitrogen functional groups attached to an aromatic ring is 1. The number of pyridine rings is 1. The van der Waals surface area contributed by atoms with Gasteiger partial charge < -0.3 is 16.0 Å². The third-order valence-electron chi connectivity index (χ3n) is 2.73. The predicted molar refractivity (Wildman–Crippen MR) is 77.3 cm³/mol. The van der Waals surface area contributed by atoms with Gasteiger partial charge in [0.25, 0.3) is 5.91 Å². The Balaban J connectivity index is 2.28. The molecule has 6 heteroatoms. The molecule has 2 aromatic rings. The molecule has 5 nitrogen and oxygen atoms in total. The lowest BCUT2D eigenvalue weighted by Crippen LogP contribution is -2.19. The minimum absolute atomic E-state index is 0.325. The van der Waals surface area contributed by atoms with E-state index in [1.165, 1.54) is 18.3 Å². The molecule has 0 saturated carbocycles. The van der Waals surface area contributed by atoms with E-state index in [-0.39, 0.29) is 5.91 Å². The fraction of sp³-hybridized carbons (Fsp3) is 0.143. The van der Waals surface area contributed by atoms with Gasteiger partial charge >= 0.3 is 0 Å². The van der Waals surface area contributed by atoms with Crippen molar-refractivity contribution in [1.29, 1.82) is 0 Å². The lowest BCUT2D eigenvalue weighted by Gasteiger charge is -2.17. The van der Waals surface area contributed by atoms with Crippen LogP contribution in [0.15, 0.2) is 36.5 Å². The predicted octanol–water partition coefficient (Wildman–Crippen LogP) is 2.12. The number of hydrogen-bond acceptors (Lipinski definition) is 4. The van der Waals surface area contributed by atoms with Crippen LogP contribution in [0.1, 0.15) is 10.4 Å². The molecule has 104 valence electrons. The number of amides is 1. The molecule has 20 heavy (non-hydrogen) atoms. The molecule has 0 spiro atoms. The summed E-state index contributed by atoms with van der Waals surface area (Å²) in [7, 11) is 3.67. The summed E-state index contributed by atoms with van der Waals surface area (Å²) in [6.07, 6.45) is 1.26. The highest BCUT2D eigenvalue weighted by molar-refractivity contribution is 6.08. The first-order valence-electron chi connectivity index (χ1n) is 5.97. The monoisotopic (exact) mass is 274 g/mol. The van der Waals surface area contributed by atoms with Crippen LogP contribution in [0.3, 0.4) is 0 Å². The Morgan fingerprint density at radius 2 is 2.05 bits per heavy atom. The summed E-state index contributed by atoms with van der Waals surface area (Å²) in [5.74, 6) is -0.921. The summed E-state index contributed by atoms with van der Waals surface area (Å²) in [5, 5.41) is 2.66. The molecule has 1 heterocycles. The molecule has 0 radical (unpaired) electrons. The van der Waals surface area contributed by atoms with Gasteiger partial charge in [-0.15, -0.1) is 0 Å². The SMILES string of the molecule is CN(C)c1ccc(N)cc1C(=O)Nc1ccc(F)nc1. The van der Waals surface area contributed by atoms with E-state index in [1.54, 1.807) is 18.2 Å². The van der Waals surface area contributed by atoms with Crippen LogP contribution in [0.25, 0.3) is 0 Å². The van der Waals surface area contributed by atoms with Crippen LogP contribution in [0.4, 0.5) is 21.5 Å². The molecule has 2 rings (SSSR count). The van der Waals surface area contributed by atoms with Crippen LogP contribution >= 0.6 is 0 Å². The van der Waals surface area contributed by atoms with Gasteiger partial charge in [-0.1, -0.05) is 0 Å². The standard InChI is InChI=1S/C14H15FN4O/c1-19(2)12-5-3-9(16)7-11(12)14(20)18-10-4-6-13(15)17-8-10/h3-8H,16H2,1-2H3,(H,18,20). The first-order valence-corrected chi connectivity index (χ1v) is 5.97. The largest absolute Gasteiger partial charge is 0.399 e. The van der Waals surface area contributed by atoms with Gasteiger partial charge in [-0.2, -0.15) is 4.39 Å². The Morgan fingerprint density at radius 1 is 1.30 bits per heavy atom. The zero-order valence-electron chi connectivity index (χ0n) is 11.2. The Labute approximate surface area is 116 Å². The van der Waals surface area contributed by atoms with Gasteiger partial charge in [-0.25, -0.2) is 4.98 Å². The third kappa shape index (κ3) is 3.03. The second kappa shape index (κ2) is 5.56. The first-order chi connectivity index (χ1) is 9.47. The number of benzene rings is 1. The number of aromatic nitrogens is 1. The van der Waals surface area contributed by atoms with E-state index in [1.807, 2.05) is 19.0 Å². The number of hydrogen-bond donors (Lipinski definition) is 2. The van der Waals surface area contributed by atoms with Crippen molar-refractivity contribution < 1.29 is 9.18 Å². The van der Waals surface area contributed by atoms with Crippen LogP contribution in [0, 0.1) is 5.95 Å². The van der Waals surface area contributed by atoms with E-state index in [0.717, 1.165) is 5.69 Å². The van der Waals surface area contributed by atoms with Crippen molar-refractivity contribution in [2.75, 3.05) is 30.0 Å². The van der Waals surface area contributed by atoms with Crippen molar-refractivity contribution in [3.63, 3.8) is 0 Å². The highest BCUT2D eigenvalue weighted by Crippen LogP contribution is 2.22. The summed E-state index contributed by atoms with van der Waals surface area (Å²) in [6.45, 7) is 0. The molecule has 3 N–H and O–H groups in total. The molecule has 0 bridgehead atoms. The van der Waals surface area contributed by atoms with Crippen LogP contribution in [-0.4, -0.2) is 25.0 Å². The van der Waals surface area contributed by atoms with E-state index in [2.05, 4.69) is 10.3 Å². The second-order valence-electron chi connectivity index (χ2n) is 4.49. The first kappa shape index (κ1) is 13.8. The number of anilines is 3. The van der Waals surface area contributed by atoms with Gasteiger partial charge in [0, 0.05) is 25.5 Å². The lowest BCUT2D eigenvalue weighted by molar-refractivity contribution is 0.102. The van der Waals surface area contributed by atoms with Gasteiger partial charge in [-0.3, -0.25) is 4.79 Å². The molecular weight excluding hydrogens is 259 g/mol. The van der Waals surface area contributed by atoms with Gasteiger partial charge in [0.05, 0.1) is 17.4 Å². The third-order valence-corrected chi connectivity index (χ3v) is 2.73. The molecule has 0 saturated heterocycles. The Hall–Kier alpha value is -2.63. The molecule has 1 amide bonds. The Bertz CT molecular complexity index is 626. The normalized spacial score (nSPS) is 10.2. The van der Waals surface area contributed by atoms with Gasteiger partial charge in [0.1, 0.15) is 0 Å². The maximum atomic E-state index is 12.7. The minimum Gasteiger partial charge on any atom is -0.399 e. The van der Waals surface area contributed by atoms with Crippen molar-refractivity contribution in [3.05, 3.63) is 48.0 Å². The van der Waals surface area contributed by atoms with E-state index in [0.29, 0.717) is 16.9 Å². The molecule has 1 aromatic carbocycles. The van der Waals surface area contributed by atoms with Gasteiger partial charge in [-0.05, 0) is 30.3 Å². The average molecular weight is 274 g/mol. The van der Waals surface area contributed by atoms with Crippen LogP contribution in [0.5, 0.6) is 0 Å². The number of nitrogens with zero attached hydrogens (tertiary/aromatic N) is 2. The summed E-state index contributed by atoms with van der Waals surface area (Å²) in [4.78, 5) is 17.6. The van der Waals surface area contributed by atoms with E-state index >= 15 is 0 Å². The zero-order valence-corrected chi connectivity index (χ0v) is 11.2. The second-order valence-corrected chi connectivity index (χ2v) is 4.49.